The van der Waals surface area contributed by atoms with E-state index in [0.29, 0.717) is 23.4 Å². The summed E-state index contributed by atoms with van der Waals surface area (Å²) in [7, 11) is 0. The van der Waals surface area contributed by atoms with Gasteiger partial charge in [0.1, 0.15) is 17.3 Å². The normalized spacial score (nSPS) is 12.5. The van der Waals surface area contributed by atoms with Crippen molar-refractivity contribution in [3.8, 4) is 0 Å². The molecule has 0 bridgehead atoms. The zero-order valence-corrected chi connectivity index (χ0v) is 13.4. The highest BCUT2D eigenvalue weighted by Gasteiger charge is 2.12. The predicted molar refractivity (Wildman–Crippen MR) is 87.8 cm³/mol. The molecule has 3 aromatic rings. The van der Waals surface area contributed by atoms with Gasteiger partial charge in [0.15, 0.2) is 0 Å². The van der Waals surface area contributed by atoms with Crippen LogP contribution in [0, 0.1) is 18.6 Å². The zero-order valence-electron chi connectivity index (χ0n) is 13.4. The van der Waals surface area contributed by atoms with Gasteiger partial charge in [-0.1, -0.05) is 12.1 Å². The third-order valence-electron chi connectivity index (χ3n) is 3.95. The number of halogens is 2. The monoisotopic (exact) mass is 329 g/mol. The first-order valence-corrected chi connectivity index (χ1v) is 7.62. The van der Waals surface area contributed by atoms with E-state index in [9.17, 15) is 13.6 Å². The van der Waals surface area contributed by atoms with Crippen molar-refractivity contribution < 1.29 is 8.78 Å². The fourth-order valence-electron chi connectivity index (χ4n) is 2.67. The van der Waals surface area contributed by atoms with E-state index in [2.05, 4.69) is 10.3 Å². The molecule has 0 unspecified atom stereocenters. The van der Waals surface area contributed by atoms with E-state index in [1.54, 1.807) is 13.0 Å². The lowest BCUT2D eigenvalue weighted by Gasteiger charge is -2.15. The summed E-state index contributed by atoms with van der Waals surface area (Å²) >= 11 is 0. The van der Waals surface area contributed by atoms with E-state index in [-0.39, 0.29) is 11.6 Å². The summed E-state index contributed by atoms with van der Waals surface area (Å²) in [5, 5.41) is 3.11. The summed E-state index contributed by atoms with van der Waals surface area (Å²) in [5.74, 6) is -1.21. The second kappa shape index (κ2) is 6.49. The molecule has 4 nitrogen and oxygen atoms in total. The van der Waals surface area contributed by atoms with Gasteiger partial charge in [-0.2, -0.15) is 0 Å². The van der Waals surface area contributed by atoms with Crippen LogP contribution in [0.1, 0.15) is 29.9 Å². The fraction of sp³-hybridized carbons (Fsp3) is 0.222. The number of nitrogens with zero attached hydrogens (tertiary/aromatic N) is 2. The molecule has 0 radical (unpaired) electrons. The molecule has 3 rings (SSSR count). The molecule has 0 aliphatic carbocycles. The van der Waals surface area contributed by atoms with Crippen molar-refractivity contribution >= 4 is 5.65 Å². The molecule has 0 aliphatic rings. The summed E-state index contributed by atoms with van der Waals surface area (Å²) < 4.78 is 28.3. The Morgan fingerprint density at radius 2 is 2.00 bits per heavy atom. The lowest BCUT2D eigenvalue weighted by molar-refractivity contribution is 0.514. The van der Waals surface area contributed by atoms with E-state index in [1.807, 2.05) is 19.1 Å². The van der Waals surface area contributed by atoms with E-state index in [1.165, 1.54) is 22.6 Å². The van der Waals surface area contributed by atoms with Crippen LogP contribution in [0.15, 0.2) is 47.3 Å². The van der Waals surface area contributed by atoms with Crippen molar-refractivity contribution in [2.75, 3.05) is 0 Å². The molecule has 24 heavy (non-hydrogen) atoms. The lowest BCUT2D eigenvalue weighted by atomic mass is 10.1. The standard InChI is InChI=1S/C18H17F2N3O/c1-11-4-3-5-17-22-14(9-18(24)23(11)17)10-21-12(2)15-7-6-13(19)8-16(15)20/h3-9,12,21H,10H2,1-2H3/t12-/m0/s1. The Hall–Kier alpha value is -2.60. The van der Waals surface area contributed by atoms with Gasteiger partial charge >= 0.3 is 0 Å². The molecule has 0 saturated heterocycles. The average Bonchev–Trinajstić information content (AvgIpc) is 2.52. The van der Waals surface area contributed by atoms with Crippen LogP contribution in [0.2, 0.25) is 0 Å². The molecule has 0 fully saturated rings. The molecule has 2 aromatic heterocycles. The van der Waals surface area contributed by atoms with Gasteiger partial charge < -0.3 is 5.32 Å². The molecule has 1 aromatic carbocycles. The predicted octanol–water partition coefficient (Wildman–Crippen LogP) is 3.13. The van der Waals surface area contributed by atoms with Crippen molar-refractivity contribution in [1.82, 2.24) is 14.7 Å². The number of rotatable bonds is 4. The highest BCUT2D eigenvalue weighted by Crippen LogP contribution is 2.18. The Morgan fingerprint density at radius 1 is 1.21 bits per heavy atom. The molecule has 124 valence electrons. The van der Waals surface area contributed by atoms with Crippen LogP contribution < -0.4 is 10.9 Å². The van der Waals surface area contributed by atoms with E-state index in [0.717, 1.165) is 11.8 Å². The number of nitrogens with one attached hydrogen (secondary N) is 1. The topological polar surface area (TPSA) is 46.4 Å². The number of pyridine rings is 1. The number of hydrogen-bond acceptors (Lipinski definition) is 3. The molecule has 0 spiro atoms. The van der Waals surface area contributed by atoms with Gasteiger partial charge in [0.2, 0.25) is 0 Å². The highest BCUT2D eigenvalue weighted by atomic mass is 19.1. The minimum Gasteiger partial charge on any atom is -0.304 e. The number of benzene rings is 1. The van der Waals surface area contributed by atoms with Gasteiger partial charge in [0.25, 0.3) is 5.56 Å². The third-order valence-corrected chi connectivity index (χ3v) is 3.95. The lowest BCUT2D eigenvalue weighted by Crippen LogP contribution is -2.23. The van der Waals surface area contributed by atoms with Crippen LogP contribution in [-0.2, 0) is 6.54 Å². The van der Waals surface area contributed by atoms with E-state index >= 15 is 0 Å². The summed E-state index contributed by atoms with van der Waals surface area (Å²) in [4.78, 5) is 16.7. The molecule has 0 amide bonds. The maximum Gasteiger partial charge on any atom is 0.258 e. The molecule has 1 atom stereocenters. The zero-order chi connectivity index (χ0) is 17.3. The van der Waals surface area contributed by atoms with Crippen LogP contribution in [0.4, 0.5) is 8.78 Å². The largest absolute Gasteiger partial charge is 0.304 e. The van der Waals surface area contributed by atoms with Gasteiger partial charge in [0, 0.05) is 36.0 Å². The Bertz CT molecular complexity index is 953. The summed E-state index contributed by atoms with van der Waals surface area (Å²) in [5.41, 5.74) is 2.16. The second-order valence-electron chi connectivity index (χ2n) is 5.71. The number of fused-ring (bicyclic) bond motifs is 1. The number of hydrogen-bond donors (Lipinski definition) is 1. The first-order valence-electron chi connectivity index (χ1n) is 7.62. The number of aromatic nitrogens is 2. The summed E-state index contributed by atoms with van der Waals surface area (Å²) in [6.07, 6.45) is 0. The molecular formula is C18H17F2N3O. The smallest absolute Gasteiger partial charge is 0.258 e. The fourth-order valence-corrected chi connectivity index (χ4v) is 2.67. The minimum absolute atomic E-state index is 0.157. The maximum absolute atomic E-state index is 13.8. The SMILES string of the molecule is Cc1cccc2nc(CN[C@@H](C)c3ccc(F)cc3F)cc(=O)n12. The second-order valence-corrected chi connectivity index (χ2v) is 5.71. The van der Waals surface area contributed by atoms with Crippen LogP contribution in [0.3, 0.4) is 0 Å². The van der Waals surface area contributed by atoms with Gasteiger partial charge in [-0.25, -0.2) is 13.8 Å². The van der Waals surface area contributed by atoms with Crippen molar-refractivity contribution in [3.05, 3.63) is 81.4 Å². The van der Waals surface area contributed by atoms with Crippen molar-refractivity contribution in [3.63, 3.8) is 0 Å². The molecule has 6 heteroatoms. The molecule has 2 heterocycles. The van der Waals surface area contributed by atoms with Crippen LogP contribution >= 0.6 is 0 Å². The highest BCUT2D eigenvalue weighted by molar-refractivity contribution is 5.40. The Morgan fingerprint density at radius 3 is 2.75 bits per heavy atom. The summed E-state index contributed by atoms with van der Waals surface area (Å²) in [6, 6.07) is 10.1. The van der Waals surface area contributed by atoms with E-state index in [4.69, 9.17) is 0 Å². The van der Waals surface area contributed by atoms with Gasteiger partial charge in [-0.15, -0.1) is 0 Å². The van der Waals surface area contributed by atoms with Crippen LogP contribution in [0.5, 0.6) is 0 Å². The summed E-state index contributed by atoms with van der Waals surface area (Å²) in [6.45, 7) is 3.92. The molecule has 0 saturated carbocycles. The minimum atomic E-state index is -0.608. The van der Waals surface area contributed by atoms with Crippen molar-refractivity contribution in [2.24, 2.45) is 0 Å². The first-order chi connectivity index (χ1) is 11.5. The van der Waals surface area contributed by atoms with Crippen LogP contribution in [0.25, 0.3) is 5.65 Å². The average molecular weight is 329 g/mol. The first kappa shape index (κ1) is 16.3. The van der Waals surface area contributed by atoms with Crippen molar-refractivity contribution in [2.45, 2.75) is 26.4 Å². The number of aryl methyl sites for hydroxylation is 1. The van der Waals surface area contributed by atoms with Gasteiger partial charge in [0.05, 0.1) is 5.69 Å². The Labute approximate surface area is 137 Å². The third kappa shape index (κ3) is 3.19. The van der Waals surface area contributed by atoms with Gasteiger partial charge in [-0.05, 0) is 32.0 Å². The quantitative estimate of drug-likeness (QED) is 0.800. The molecule has 1 N–H and O–H groups in total. The molecular weight excluding hydrogens is 312 g/mol. The van der Waals surface area contributed by atoms with Gasteiger partial charge in [-0.3, -0.25) is 9.20 Å². The Kier molecular flexibility index (Phi) is 4.40. The van der Waals surface area contributed by atoms with Crippen molar-refractivity contribution in [1.29, 1.82) is 0 Å². The Balaban J connectivity index is 1.82. The molecule has 0 aliphatic heterocycles. The maximum atomic E-state index is 13.8. The van der Waals surface area contributed by atoms with Crippen LogP contribution in [-0.4, -0.2) is 9.38 Å². The van der Waals surface area contributed by atoms with E-state index < -0.39 is 11.6 Å².